The Morgan fingerprint density at radius 2 is 1.89 bits per heavy atom. The number of furan rings is 1. The predicted octanol–water partition coefficient (Wildman–Crippen LogP) is 5.31. The largest absolute Gasteiger partial charge is 0.451 e. The number of nitrogens with zero attached hydrogens (tertiary/aromatic N) is 2. The van der Waals surface area contributed by atoms with Crippen LogP contribution in [-0.4, -0.2) is 16.2 Å². The zero-order valence-corrected chi connectivity index (χ0v) is 15.7. The number of hydrogen-bond acceptors (Lipinski definition) is 5. The van der Waals surface area contributed by atoms with Gasteiger partial charge in [-0.3, -0.25) is 10.1 Å². The van der Waals surface area contributed by atoms with Gasteiger partial charge in [-0.2, -0.15) is 0 Å². The smallest absolute Gasteiger partial charge is 0.292 e. The second-order valence-electron chi connectivity index (χ2n) is 6.43. The van der Waals surface area contributed by atoms with Gasteiger partial charge in [0.2, 0.25) is 5.82 Å². The van der Waals surface area contributed by atoms with Crippen molar-refractivity contribution in [2.24, 2.45) is 0 Å². The minimum Gasteiger partial charge on any atom is -0.451 e. The molecule has 27 heavy (non-hydrogen) atoms. The fraction of sp³-hybridized carbons (Fsp3) is 0.150. The molecule has 0 saturated heterocycles. The maximum Gasteiger partial charge on any atom is 0.292 e. The summed E-state index contributed by atoms with van der Waals surface area (Å²) in [6.45, 7) is 5.75. The van der Waals surface area contributed by atoms with Gasteiger partial charge in [-0.1, -0.05) is 29.3 Å². The maximum atomic E-state index is 12.8. The molecule has 1 N–H and O–H groups in total. The lowest BCUT2D eigenvalue weighted by atomic mass is 10.0. The Bertz CT molecular complexity index is 1180. The van der Waals surface area contributed by atoms with Crippen LogP contribution in [0, 0.1) is 20.8 Å². The molecule has 136 valence electrons. The predicted molar refractivity (Wildman–Crippen MR) is 103 cm³/mol. The lowest BCUT2D eigenvalue weighted by Crippen LogP contribution is -2.13. The third-order valence-electron chi connectivity index (χ3n) is 4.47. The number of rotatable bonds is 3. The van der Waals surface area contributed by atoms with Gasteiger partial charge < -0.3 is 4.42 Å². The van der Waals surface area contributed by atoms with E-state index in [1.807, 2.05) is 39.0 Å². The molecule has 0 bridgehead atoms. The van der Waals surface area contributed by atoms with Crippen LogP contribution in [0.2, 0.25) is 5.02 Å². The third-order valence-corrected chi connectivity index (χ3v) is 4.71. The van der Waals surface area contributed by atoms with Gasteiger partial charge in [0, 0.05) is 21.5 Å². The van der Waals surface area contributed by atoms with Crippen molar-refractivity contribution < 1.29 is 13.8 Å². The van der Waals surface area contributed by atoms with Gasteiger partial charge in [-0.05, 0) is 60.9 Å². The molecule has 0 unspecified atom stereocenters. The van der Waals surface area contributed by atoms with E-state index < -0.39 is 5.91 Å². The molecule has 0 atom stereocenters. The van der Waals surface area contributed by atoms with Crippen molar-refractivity contribution in [2.45, 2.75) is 20.8 Å². The minimum atomic E-state index is -0.429. The first-order valence-corrected chi connectivity index (χ1v) is 8.72. The van der Waals surface area contributed by atoms with Gasteiger partial charge >= 0.3 is 0 Å². The lowest BCUT2D eigenvalue weighted by molar-refractivity contribution is 0.0997. The van der Waals surface area contributed by atoms with Crippen LogP contribution in [0.3, 0.4) is 0 Å². The molecular formula is C20H16ClN3O3. The second kappa shape index (κ2) is 6.55. The molecule has 0 saturated carbocycles. The number of hydrogen-bond donors (Lipinski definition) is 1. The number of anilines is 1. The molecule has 4 rings (SSSR count). The number of carbonyl (C=O) groups excluding carboxylic acids is 1. The molecule has 6 nitrogen and oxygen atoms in total. The van der Waals surface area contributed by atoms with E-state index in [0.29, 0.717) is 21.9 Å². The fourth-order valence-corrected chi connectivity index (χ4v) is 3.18. The van der Waals surface area contributed by atoms with Crippen molar-refractivity contribution >= 4 is 34.3 Å². The average molecular weight is 382 g/mol. The number of fused-ring (bicyclic) bond motifs is 1. The van der Waals surface area contributed by atoms with Crippen molar-refractivity contribution in [3.05, 3.63) is 63.9 Å². The van der Waals surface area contributed by atoms with Gasteiger partial charge in [0.25, 0.3) is 5.91 Å². The van der Waals surface area contributed by atoms with Crippen LogP contribution in [0.15, 0.2) is 45.4 Å². The van der Waals surface area contributed by atoms with E-state index in [9.17, 15) is 4.79 Å². The number of nitrogens with one attached hydrogen (secondary N) is 1. The Morgan fingerprint density at radius 1 is 1.07 bits per heavy atom. The summed E-state index contributed by atoms with van der Waals surface area (Å²) in [6.07, 6.45) is 0. The molecule has 0 aliphatic carbocycles. The molecular weight excluding hydrogens is 366 g/mol. The van der Waals surface area contributed by atoms with Gasteiger partial charge in [0.1, 0.15) is 5.58 Å². The zero-order chi connectivity index (χ0) is 19.1. The summed E-state index contributed by atoms with van der Waals surface area (Å²) in [7, 11) is 0. The molecule has 0 aliphatic rings. The Morgan fingerprint density at radius 3 is 2.70 bits per heavy atom. The highest BCUT2D eigenvalue weighted by atomic mass is 35.5. The van der Waals surface area contributed by atoms with Crippen LogP contribution in [0.1, 0.15) is 27.2 Å². The lowest BCUT2D eigenvalue weighted by Gasteiger charge is -2.06. The molecule has 0 spiro atoms. The minimum absolute atomic E-state index is 0.196. The molecule has 4 aromatic rings. The highest BCUT2D eigenvalue weighted by Gasteiger charge is 2.22. The number of aromatic nitrogens is 2. The summed E-state index contributed by atoms with van der Waals surface area (Å²) in [4.78, 5) is 12.8. The van der Waals surface area contributed by atoms with Crippen LogP contribution >= 0.6 is 11.6 Å². The molecule has 2 heterocycles. The van der Waals surface area contributed by atoms with Crippen molar-refractivity contribution in [3.63, 3.8) is 0 Å². The first kappa shape index (κ1) is 17.3. The van der Waals surface area contributed by atoms with Crippen LogP contribution in [0.25, 0.3) is 22.2 Å². The monoisotopic (exact) mass is 381 g/mol. The van der Waals surface area contributed by atoms with E-state index in [1.54, 1.807) is 18.2 Å². The summed E-state index contributed by atoms with van der Waals surface area (Å²) in [5, 5.41) is 11.9. The number of halogens is 1. The van der Waals surface area contributed by atoms with Crippen molar-refractivity contribution in [3.8, 4) is 11.3 Å². The zero-order valence-electron chi connectivity index (χ0n) is 15.0. The summed E-state index contributed by atoms with van der Waals surface area (Å²) >= 11 is 6.04. The molecule has 0 radical (unpaired) electrons. The van der Waals surface area contributed by atoms with E-state index in [2.05, 4.69) is 15.6 Å². The standard InChI is InChI=1S/C20H16ClN3O3/c1-10-4-5-11(2)14(8-10)17-19(24-27-23-17)22-20(25)18-12(3)15-9-13(21)6-7-16(15)26-18/h4-9H,1-3H3,(H,22,24,25). The number of carbonyl (C=O) groups is 1. The highest BCUT2D eigenvalue weighted by molar-refractivity contribution is 6.31. The number of benzene rings is 2. The highest BCUT2D eigenvalue weighted by Crippen LogP contribution is 2.31. The van der Waals surface area contributed by atoms with E-state index in [4.69, 9.17) is 20.6 Å². The van der Waals surface area contributed by atoms with Gasteiger partial charge in [-0.15, -0.1) is 0 Å². The fourth-order valence-electron chi connectivity index (χ4n) is 3.01. The molecule has 2 aromatic heterocycles. The molecule has 0 fully saturated rings. The molecule has 2 aromatic carbocycles. The number of amides is 1. The van der Waals surface area contributed by atoms with Crippen molar-refractivity contribution in [1.82, 2.24) is 10.3 Å². The summed E-state index contributed by atoms with van der Waals surface area (Å²) < 4.78 is 10.6. The Labute approximate surface area is 160 Å². The maximum absolute atomic E-state index is 12.8. The van der Waals surface area contributed by atoms with Gasteiger partial charge in [0.05, 0.1) is 0 Å². The van der Waals surface area contributed by atoms with Crippen LogP contribution < -0.4 is 5.32 Å². The van der Waals surface area contributed by atoms with Crippen LogP contribution in [0.5, 0.6) is 0 Å². The van der Waals surface area contributed by atoms with E-state index >= 15 is 0 Å². The summed E-state index contributed by atoms with van der Waals surface area (Å²) in [5.41, 5.74) is 4.69. The Hall–Kier alpha value is -3.12. The average Bonchev–Trinajstić information content (AvgIpc) is 3.22. The molecule has 0 aliphatic heterocycles. The van der Waals surface area contributed by atoms with E-state index in [0.717, 1.165) is 22.1 Å². The van der Waals surface area contributed by atoms with Gasteiger partial charge in [-0.25, -0.2) is 4.63 Å². The first-order chi connectivity index (χ1) is 12.9. The second-order valence-corrected chi connectivity index (χ2v) is 6.87. The van der Waals surface area contributed by atoms with Crippen LogP contribution in [0.4, 0.5) is 5.82 Å². The number of aryl methyl sites for hydroxylation is 3. The summed E-state index contributed by atoms with van der Waals surface area (Å²) in [5.74, 6) is 0.0100. The Kier molecular flexibility index (Phi) is 4.20. The summed E-state index contributed by atoms with van der Waals surface area (Å²) in [6, 6.07) is 11.2. The SMILES string of the molecule is Cc1ccc(C)c(-c2nonc2NC(=O)c2oc3ccc(Cl)cc3c2C)c1. The normalized spacial score (nSPS) is 11.1. The Balaban J connectivity index is 1.70. The molecule has 1 amide bonds. The third kappa shape index (κ3) is 3.08. The van der Waals surface area contributed by atoms with Gasteiger partial charge in [0.15, 0.2) is 11.5 Å². The quantitative estimate of drug-likeness (QED) is 0.519. The van der Waals surface area contributed by atoms with Crippen molar-refractivity contribution in [1.29, 1.82) is 0 Å². The van der Waals surface area contributed by atoms with Crippen molar-refractivity contribution in [2.75, 3.05) is 5.32 Å². The topological polar surface area (TPSA) is 81.2 Å². The van der Waals surface area contributed by atoms with E-state index in [1.165, 1.54) is 0 Å². The first-order valence-electron chi connectivity index (χ1n) is 8.34. The van der Waals surface area contributed by atoms with E-state index in [-0.39, 0.29) is 11.6 Å². The van der Waals surface area contributed by atoms with Crippen LogP contribution in [-0.2, 0) is 0 Å². The molecule has 7 heteroatoms.